The summed E-state index contributed by atoms with van der Waals surface area (Å²) in [7, 11) is 4.47. The van der Waals surface area contributed by atoms with Gasteiger partial charge < -0.3 is 10.0 Å². The van der Waals surface area contributed by atoms with Gasteiger partial charge in [0.15, 0.2) is 0 Å². The van der Waals surface area contributed by atoms with E-state index < -0.39 is 5.97 Å². The van der Waals surface area contributed by atoms with Gasteiger partial charge in [0.1, 0.15) is 0 Å². The summed E-state index contributed by atoms with van der Waals surface area (Å²) in [5.74, 6) is 2.35. The summed E-state index contributed by atoms with van der Waals surface area (Å²) >= 11 is 0. The number of hydrogen-bond acceptors (Lipinski definition) is 2. The molecule has 0 heterocycles. The summed E-state index contributed by atoms with van der Waals surface area (Å²) in [5.41, 5.74) is 0. The third-order valence-electron chi connectivity index (χ3n) is 8.06. The minimum absolute atomic E-state index is 0.349. The van der Waals surface area contributed by atoms with Gasteiger partial charge in [0, 0.05) is 13.0 Å². The fraction of sp³-hybridized carbons (Fsp3) is 0.968. The third kappa shape index (κ3) is 19.7. The van der Waals surface area contributed by atoms with Crippen molar-refractivity contribution < 1.29 is 9.90 Å². The normalized spacial score (nSPS) is 18.5. The van der Waals surface area contributed by atoms with Crippen LogP contribution in [0.15, 0.2) is 0 Å². The molecule has 1 rings (SSSR count). The topological polar surface area (TPSA) is 40.5 Å². The van der Waals surface area contributed by atoms with Gasteiger partial charge in [-0.25, -0.2) is 0 Å². The largest absolute Gasteiger partial charge is 0.481 e. The average molecular weight is 480 g/mol. The summed E-state index contributed by atoms with van der Waals surface area (Å²) < 4.78 is 0. The molecule has 3 atom stereocenters. The lowest BCUT2D eigenvalue weighted by Crippen LogP contribution is -2.21. The van der Waals surface area contributed by atoms with Crippen LogP contribution in [0.5, 0.6) is 0 Å². The first-order chi connectivity index (χ1) is 16.5. The molecule has 34 heavy (non-hydrogen) atoms. The van der Waals surface area contributed by atoms with E-state index >= 15 is 0 Å². The molecule has 1 aliphatic rings. The van der Waals surface area contributed by atoms with Gasteiger partial charge in [-0.05, 0) is 57.5 Å². The van der Waals surface area contributed by atoms with Crippen LogP contribution in [0.25, 0.3) is 0 Å². The number of unbranched alkanes of at least 4 members (excludes halogenated alkanes) is 14. The Kier molecular flexibility index (Phi) is 20.1. The quantitative estimate of drug-likeness (QED) is 0.126. The number of carbonyl (C=O) groups is 1. The first kappa shape index (κ1) is 31.5. The molecule has 1 aliphatic carbocycles. The molecule has 202 valence electrons. The van der Waals surface area contributed by atoms with Gasteiger partial charge in [-0.1, -0.05) is 122 Å². The van der Waals surface area contributed by atoms with E-state index in [0.29, 0.717) is 6.42 Å². The molecule has 1 saturated carbocycles. The SMILES string of the molecule is CCCCCCC(CCCCCCCCCCC1CC1CCCCCCCC(=O)O)CN(C)C. The van der Waals surface area contributed by atoms with Crippen molar-refractivity contribution in [1.82, 2.24) is 4.90 Å². The Bertz CT molecular complexity index is 464. The first-order valence-electron chi connectivity index (χ1n) is 15.4. The van der Waals surface area contributed by atoms with E-state index in [0.717, 1.165) is 30.6 Å². The van der Waals surface area contributed by atoms with E-state index in [4.69, 9.17) is 5.11 Å². The standard InChI is InChI=1S/C31H61NO2/c1-4-5-6-16-21-28(27-32(2)3)22-17-12-9-7-8-10-13-18-23-29-26-30(29)24-19-14-11-15-20-25-31(33)34/h28-30H,4-27H2,1-3H3,(H,33,34). The third-order valence-corrected chi connectivity index (χ3v) is 8.06. The molecule has 0 amide bonds. The minimum atomic E-state index is -0.645. The molecule has 3 nitrogen and oxygen atoms in total. The second-order valence-electron chi connectivity index (χ2n) is 11.8. The monoisotopic (exact) mass is 479 g/mol. The van der Waals surface area contributed by atoms with Crippen molar-refractivity contribution in [3.8, 4) is 0 Å². The zero-order chi connectivity index (χ0) is 24.9. The van der Waals surface area contributed by atoms with E-state index in [1.165, 1.54) is 135 Å². The molecule has 3 unspecified atom stereocenters. The molecule has 0 radical (unpaired) electrons. The smallest absolute Gasteiger partial charge is 0.303 e. The van der Waals surface area contributed by atoms with Crippen molar-refractivity contribution >= 4 is 5.97 Å². The highest BCUT2D eigenvalue weighted by atomic mass is 16.4. The molecular formula is C31H61NO2. The number of rotatable bonds is 26. The Morgan fingerprint density at radius 1 is 0.706 bits per heavy atom. The van der Waals surface area contributed by atoms with Crippen LogP contribution < -0.4 is 0 Å². The number of aliphatic carboxylic acids is 1. The van der Waals surface area contributed by atoms with E-state index in [1.807, 2.05) is 0 Å². The van der Waals surface area contributed by atoms with Crippen LogP contribution in [-0.4, -0.2) is 36.6 Å². The lowest BCUT2D eigenvalue weighted by molar-refractivity contribution is -0.137. The first-order valence-corrected chi connectivity index (χ1v) is 15.4. The van der Waals surface area contributed by atoms with Crippen LogP contribution in [0.3, 0.4) is 0 Å². The summed E-state index contributed by atoms with van der Waals surface area (Å²) in [5, 5.41) is 8.66. The highest BCUT2D eigenvalue weighted by Crippen LogP contribution is 2.45. The van der Waals surface area contributed by atoms with Crippen molar-refractivity contribution in [2.24, 2.45) is 17.8 Å². The van der Waals surface area contributed by atoms with Crippen molar-refractivity contribution in [2.75, 3.05) is 20.6 Å². The maximum atomic E-state index is 10.5. The predicted octanol–water partition coefficient (Wildman–Crippen LogP) is 9.49. The van der Waals surface area contributed by atoms with Gasteiger partial charge in [0.05, 0.1) is 0 Å². The molecule has 3 heteroatoms. The van der Waals surface area contributed by atoms with Gasteiger partial charge >= 0.3 is 5.97 Å². The van der Waals surface area contributed by atoms with E-state index in [-0.39, 0.29) is 0 Å². The lowest BCUT2D eigenvalue weighted by Gasteiger charge is -2.21. The van der Waals surface area contributed by atoms with Crippen molar-refractivity contribution in [2.45, 2.75) is 155 Å². The highest BCUT2D eigenvalue weighted by Gasteiger charge is 2.34. The van der Waals surface area contributed by atoms with Crippen LogP contribution in [-0.2, 0) is 4.79 Å². The maximum absolute atomic E-state index is 10.5. The number of hydrogen-bond donors (Lipinski definition) is 1. The van der Waals surface area contributed by atoms with Crippen molar-refractivity contribution in [3.63, 3.8) is 0 Å². The average Bonchev–Trinajstić information content (AvgIpc) is 3.54. The Balaban J connectivity index is 1.84. The summed E-state index contributed by atoms with van der Waals surface area (Å²) in [4.78, 5) is 12.9. The Labute approximate surface area is 213 Å². The molecule has 0 aromatic rings. The van der Waals surface area contributed by atoms with Gasteiger partial charge in [-0.3, -0.25) is 4.79 Å². The molecule has 0 bridgehead atoms. The van der Waals surface area contributed by atoms with Gasteiger partial charge in [-0.15, -0.1) is 0 Å². The summed E-state index contributed by atoms with van der Waals surface area (Å²) in [6.07, 6.45) is 30.7. The predicted molar refractivity (Wildman–Crippen MR) is 149 cm³/mol. The lowest BCUT2D eigenvalue weighted by atomic mass is 9.94. The molecule has 1 fully saturated rings. The fourth-order valence-corrected chi connectivity index (χ4v) is 5.83. The zero-order valence-corrected chi connectivity index (χ0v) is 23.5. The maximum Gasteiger partial charge on any atom is 0.303 e. The molecule has 0 aromatic carbocycles. The van der Waals surface area contributed by atoms with Gasteiger partial charge in [0.25, 0.3) is 0 Å². The number of carboxylic acid groups (broad SMARTS) is 1. The summed E-state index contributed by atoms with van der Waals surface area (Å²) in [6.45, 7) is 3.59. The van der Waals surface area contributed by atoms with Crippen molar-refractivity contribution in [1.29, 1.82) is 0 Å². The van der Waals surface area contributed by atoms with Gasteiger partial charge in [0.2, 0.25) is 0 Å². The fourth-order valence-electron chi connectivity index (χ4n) is 5.83. The van der Waals surface area contributed by atoms with E-state index in [1.54, 1.807) is 0 Å². The van der Waals surface area contributed by atoms with Crippen molar-refractivity contribution in [3.05, 3.63) is 0 Å². The van der Waals surface area contributed by atoms with E-state index in [9.17, 15) is 4.79 Å². The van der Waals surface area contributed by atoms with Crippen LogP contribution in [0.1, 0.15) is 155 Å². The second kappa shape index (κ2) is 21.7. The number of nitrogens with zero attached hydrogens (tertiary/aromatic N) is 1. The molecular weight excluding hydrogens is 418 g/mol. The Morgan fingerprint density at radius 2 is 1.15 bits per heavy atom. The Morgan fingerprint density at radius 3 is 1.62 bits per heavy atom. The van der Waals surface area contributed by atoms with Crippen LogP contribution >= 0.6 is 0 Å². The van der Waals surface area contributed by atoms with Crippen LogP contribution in [0.4, 0.5) is 0 Å². The molecule has 0 spiro atoms. The van der Waals surface area contributed by atoms with E-state index in [2.05, 4.69) is 25.9 Å². The van der Waals surface area contributed by atoms with Gasteiger partial charge in [-0.2, -0.15) is 0 Å². The van der Waals surface area contributed by atoms with Crippen LogP contribution in [0, 0.1) is 17.8 Å². The minimum Gasteiger partial charge on any atom is -0.481 e. The number of carboxylic acids is 1. The molecule has 0 aliphatic heterocycles. The zero-order valence-electron chi connectivity index (χ0n) is 23.5. The Hall–Kier alpha value is -0.570. The molecule has 0 saturated heterocycles. The van der Waals surface area contributed by atoms with Crippen LogP contribution in [0.2, 0.25) is 0 Å². The second-order valence-corrected chi connectivity index (χ2v) is 11.8. The molecule has 0 aromatic heterocycles. The highest BCUT2D eigenvalue weighted by molar-refractivity contribution is 5.66. The molecule has 1 N–H and O–H groups in total. The summed E-state index contributed by atoms with van der Waals surface area (Å²) in [6, 6.07) is 0.